The van der Waals surface area contributed by atoms with Crippen LogP contribution in [0.3, 0.4) is 0 Å². The molecule has 0 saturated carbocycles. The van der Waals surface area contributed by atoms with E-state index in [1.54, 1.807) is 0 Å². The Morgan fingerprint density at radius 3 is 1.63 bits per heavy atom. The zero-order chi connectivity index (χ0) is 14.8. The molecular formula is C11H11Cl2F5Si. The first-order valence-electron chi connectivity index (χ1n) is 5.59. The Kier molecular flexibility index (Phi) is 5.64. The molecule has 0 spiro atoms. The van der Waals surface area contributed by atoms with Gasteiger partial charge in [0.05, 0.1) is 0 Å². The molecule has 0 nitrogen and oxygen atoms in total. The van der Waals surface area contributed by atoms with Gasteiger partial charge in [0.1, 0.15) is 0 Å². The Morgan fingerprint density at radius 1 is 0.789 bits per heavy atom. The summed E-state index contributed by atoms with van der Waals surface area (Å²) >= 11 is 12.0. The molecule has 0 aliphatic rings. The number of benzene rings is 1. The second kappa shape index (κ2) is 6.41. The highest BCUT2D eigenvalue weighted by molar-refractivity contribution is 7.45. The van der Waals surface area contributed by atoms with E-state index in [9.17, 15) is 22.0 Å². The lowest BCUT2D eigenvalue weighted by atomic mass is 10.1. The summed E-state index contributed by atoms with van der Waals surface area (Å²) in [6.45, 7) is -0.870. The topological polar surface area (TPSA) is 0 Å². The van der Waals surface area contributed by atoms with Crippen molar-refractivity contribution in [3.8, 4) is 0 Å². The molecule has 0 aromatic heterocycles. The second-order valence-electron chi connectivity index (χ2n) is 4.15. The van der Waals surface area contributed by atoms with E-state index in [1.165, 1.54) is 0 Å². The molecule has 19 heavy (non-hydrogen) atoms. The normalized spacial score (nSPS) is 12.0. The van der Waals surface area contributed by atoms with Crippen molar-refractivity contribution in [2.45, 2.75) is 31.9 Å². The van der Waals surface area contributed by atoms with E-state index in [1.807, 2.05) is 6.92 Å². The molecule has 0 saturated heterocycles. The van der Waals surface area contributed by atoms with Gasteiger partial charge in [-0.05, 0) is 18.5 Å². The highest BCUT2D eigenvalue weighted by Gasteiger charge is 2.30. The molecule has 0 unspecified atom stereocenters. The molecule has 0 atom stereocenters. The molecule has 0 bridgehead atoms. The lowest BCUT2D eigenvalue weighted by molar-refractivity contribution is 0.370. The van der Waals surface area contributed by atoms with Crippen LogP contribution in [0.1, 0.15) is 18.9 Å². The van der Waals surface area contributed by atoms with Crippen LogP contribution in [0.25, 0.3) is 0 Å². The first-order valence-corrected chi connectivity index (χ1v) is 10.0. The van der Waals surface area contributed by atoms with Crippen molar-refractivity contribution in [2.24, 2.45) is 0 Å². The van der Waals surface area contributed by atoms with Crippen LogP contribution in [-0.4, -0.2) is 6.69 Å². The predicted octanol–water partition coefficient (Wildman–Crippen LogP) is 5.25. The molecule has 0 aliphatic carbocycles. The van der Waals surface area contributed by atoms with Crippen molar-refractivity contribution in [1.29, 1.82) is 0 Å². The Balaban J connectivity index is 3.03. The van der Waals surface area contributed by atoms with Gasteiger partial charge in [-0.25, -0.2) is 22.0 Å². The molecule has 1 aromatic carbocycles. The van der Waals surface area contributed by atoms with Crippen molar-refractivity contribution >= 4 is 28.9 Å². The van der Waals surface area contributed by atoms with Gasteiger partial charge in [0.15, 0.2) is 23.3 Å². The van der Waals surface area contributed by atoms with Crippen LogP contribution in [0.2, 0.25) is 12.1 Å². The molecule has 1 aromatic rings. The largest absolute Gasteiger partial charge is 0.251 e. The highest BCUT2D eigenvalue weighted by atomic mass is 35.7. The van der Waals surface area contributed by atoms with Gasteiger partial charge in [0.25, 0.3) is 6.69 Å². The SMILES string of the molecule is CCC[Si](Cl)(Cl)CCc1c(F)c(F)c(F)c(F)c1F. The van der Waals surface area contributed by atoms with E-state index in [4.69, 9.17) is 22.2 Å². The summed E-state index contributed by atoms with van der Waals surface area (Å²) < 4.78 is 65.5. The molecule has 0 N–H and O–H groups in total. The molecule has 0 amide bonds. The van der Waals surface area contributed by atoms with Crippen LogP contribution < -0.4 is 0 Å². The molecule has 0 radical (unpaired) electrons. The van der Waals surface area contributed by atoms with Crippen molar-refractivity contribution < 1.29 is 22.0 Å². The zero-order valence-corrected chi connectivity index (χ0v) is 12.5. The Labute approximate surface area is 117 Å². The van der Waals surface area contributed by atoms with Crippen LogP contribution in [0.5, 0.6) is 0 Å². The summed E-state index contributed by atoms with van der Waals surface area (Å²) in [6.07, 6.45) is 0.321. The zero-order valence-electron chi connectivity index (χ0n) is 9.97. The molecule has 8 heteroatoms. The third-order valence-corrected chi connectivity index (χ3v) is 7.14. The van der Waals surface area contributed by atoms with E-state index >= 15 is 0 Å². The van der Waals surface area contributed by atoms with Crippen LogP contribution in [-0.2, 0) is 6.42 Å². The van der Waals surface area contributed by atoms with E-state index in [2.05, 4.69) is 0 Å². The number of hydrogen-bond acceptors (Lipinski definition) is 0. The fourth-order valence-corrected chi connectivity index (χ4v) is 4.97. The number of hydrogen-bond donors (Lipinski definition) is 0. The van der Waals surface area contributed by atoms with Crippen molar-refractivity contribution in [3.63, 3.8) is 0 Å². The molecule has 0 fully saturated rings. The lowest BCUT2D eigenvalue weighted by Gasteiger charge is -2.16. The average Bonchev–Trinajstić information content (AvgIpc) is 2.34. The average molecular weight is 337 g/mol. The molecule has 0 heterocycles. The number of rotatable bonds is 5. The predicted molar refractivity (Wildman–Crippen MR) is 67.3 cm³/mol. The molecular weight excluding hydrogens is 326 g/mol. The van der Waals surface area contributed by atoms with Gasteiger partial charge in [-0.15, -0.1) is 22.2 Å². The van der Waals surface area contributed by atoms with E-state index in [-0.39, 0.29) is 12.5 Å². The maximum Gasteiger partial charge on any atom is 0.251 e. The second-order valence-corrected chi connectivity index (χ2v) is 11.8. The Bertz CT molecular complexity index is 450. The minimum Gasteiger partial charge on any atom is -0.203 e. The third-order valence-electron chi connectivity index (χ3n) is 2.66. The van der Waals surface area contributed by atoms with E-state index < -0.39 is 41.3 Å². The van der Waals surface area contributed by atoms with Crippen molar-refractivity contribution in [3.05, 3.63) is 34.6 Å². The van der Waals surface area contributed by atoms with Crippen LogP contribution in [0.15, 0.2) is 0 Å². The smallest absolute Gasteiger partial charge is 0.203 e. The van der Waals surface area contributed by atoms with Crippen molar-refractivity contribution in [2.75, 3.05) is 0 Å². The summed E-state index contributed by atoms with van der Waals surface area (Å²) in [5.74, 6) is -9.67. The van der Waals surface area contributed by atoms with Gasteiger partial charge in [-0.1, -0.05) is 13.3 Å². The van der Waals surface area contributed by atoms with Gasteiger partial charge < -0.3 is 0 Å². The fourth-order valence-electron chi connectivity index (χ4n) is 1.67. The Hall–Kier alpha value is -0.333. The minimum atomic E-state index is -2.71. The van der Waals surface area contributed by atoms with E-state index in [0.717, 1.165) is 0 Å². The molecule has 1 rings (SSSR count). The monoisotopic (exact) mass is 336 g/mol. The lowest BCUT2D eigenvalue weighted by Crippen LogP contribution is -2.20. The maximum absolute atomic E-state index is 13.4. The summed E-state index contributed by atoms with van der Waals surface area (Å²) in [5, 5.41) is 0. The maximum atomic E-state index is 13.4. The van der Waals surface area contributed by atoms with E-state index in [0.29, 0.717) is 12.5 Å². The van der Waals surface area contributed by atoms with Crippen LogP contribution in [0, 0.1) is 29.1 Å². The minimum absolute atomic E-state index is 0.0301. The Morgan fingerprint density at radius 2 is 1.21 bits per heavy atom. The van der Waals surface area contributed by atoms with Gasteiger partial charge in [0, 0.05) is 5.56 Å². The van der Waals surface area contributed by atoms with Gasteiger partial charge in [0.2, 0.25) is 5.82 Å². The van der Waals surface area contributed by atoms with Crippen molar-refractivity contribution in [1.82, 2.24) is 0 Å². The fraction of sp³-hybridized carbons (Fsp3) is 0.455. The summed E-state index contributed by atoms with van der Waals surface area (Å²) in [6, 6.07) is 0.522. The highest BCUT2D eigenvalue weighted by Crippen LogP contribution is 2.31. The third kappa shape index (κ3) is 3.83. The quantitative estimate of drug-likeness (QED) is 0.226. The summed E-state index contributed by atoms with van der Waals surface area (Å²) in [5.41, 5.74) is -0.856. The molecule has 0 aliphatic heterocycles. The van der Waals surface area contributed by atoms with Crippen LogP contribution in [0.4, 0.5) is 22.0 Å². The first-order chi connectivity index (χ1) is 8.71. The van der Waals surface area contributed by atoms with Gasteiger partial charge in [-0.2, -0.15) is 0 Å². The summed E-state index contributed by atoms with van der Waals surface area (Å²) in [4.78, 5) is 0. The molecule has 108 valence electrons. The summed E-state index contributed by atoms with van der Waals surface area (Å²) in [7, 11) is 0. The number of halogens is 7. The standard InChI is InChI=1S/C11H11Cl2F5Si/c1-2-4-19(12,13)5-3-6-7(14)9(16)11(18)10(17)8(6)15/h2-5H2,1H3. The van der Waals surface area contributed by atoms with Crippen LogP contribution >= 0.6 is 22.2 Å². The van der Waals surface area contributed by atoms with Gasteiger partial charge >= 0.3 is 0 Å². The van der Waals surface area contributed by atoms with Gasteiger partial charge in [-0.3, -0.25) is 0 Å². The first kappa shape index (κ1) is 16.7.